The van der Waals surface area contributed by atoms with Crippen LogP contribution in [0.4, 0.5) is 0 Å². The summed E-state index contributed by atoms with van der Waals surface area (Å²) in [6.07, 6.45) is 5.56. The normalized spacial score (nSPS) is 12.5. The maximum Gasteiger partial charge on any atom is 0.292 e. The van der Waals surface area contributed by atoms with E-state index in [0.717, 1.165) is 38.5 Å². The fourth-order valence-corrected chi connectivity index (χ4v) is 1.28. The van der Waals surface area contributed by atoms with E-state index in [1.807, 2.05) is 13.8 Å². The third-order valence-corrected chi connectivity index (χ3v) is 2.31. The lowest BCUT2D eigenvalue weighted by Gasteiger charge is -2.00. The van der Waals surface area contributed by atoms with Crippen LogP contribution in [0.2, 0.25) is 0 Å². The average Bonchev–Trinajstić information content (AvgIpc) is 2.39. The van der Waals surface area contributed by atoms with E-state index in [-0.39, 0.29) is 19.9 Å². The molecule has 0 aliphatic carbocycles. The van der Waals surface area contributed by atoms with Gasteiger partial charge in [0, 0.05) is 12.8 Å². The van der Waals surface area contributed by atoms with Crippen molar-refractivity contribution in [2.45, 2.75) is 52.4 Å². The average molecular weight is 276 g/mol. The Morgan fingerprint density at radius 1 is 0.789 bits per heavy atom. The van der Waals surface area contributed by atoms with Gasteiger partial charge in [0.2, 0.25) is 10.6 Å². The molecule has 8 nitrogen and oxygen atoms in total. The van der Waals surface area contributed by atoms with Crippen LogP contribution in [-0.4, -0.2) is 29.6 Å². The predicted octanol–water partition coefficient (Wildman–Crippen LogP) is 3.11. The highest BCUT2D eigenvalue weighted by Crippen LogP contribution is 1.95. The van der Waals surface area contributed by atoms with Gasteiger partial charge in [0.05, 0.1) is 0 Å². The molecule has 0 heterocycles. The van der Waals surface area contributed by atoms with Gasteiger partial charge in [-0.3, -0.25) is 0 Å². The molecular weight excluding hydrogens is 252 g/mol. The minimum absolute atomic E-state index is 0.287. The van der Waals surface area contributed by atoms with Gasteiger partial charge >= 0.3 is 0 Å². The molecule has 0 radical (unpaired) electrons. The summed E-state index contributed by atoms with van der Waals surface area (Å²) in [5, 5.41) is 28.6. The highest BCUT2D eigenvalue weighted by molar-refractivity contribution is 4.33. The molecule has 0 aromatic heterocycles. The summed E-state index contributed by atoms with van der Waals surface area (Å²) in [6, 6.07) is 0. The van der Waals surface area contributed by atoms with E-state index in [0.29, 0.717) is 9.72 Å². The van der Waals surface area contributed by atoms with Crippen molar-refractivity contribution in [1.29, 1.82) is 0 Å². The fourth-order valence-electron chi connectivity index (χ4n) is 1.28. The van der Waals surface area contributed by atoms with Crippen molar-refractivity contribution in [1.82, 2.24) is 0 Å². The Labute approximate surface area is 113 Å². The van der Waals surface area contributed by atoms with Crippen molar-refractivity contribution < 1.29 is 19.4 Å². The number of unbranched alkanes of at least 4 members (excludes halogenated alkanes) is 4. The molecule has 0 atom stereocenters. The SMILES string of the molecule is CCCCC/[N+]([O-])=N/OCO/N=[N+](\[O-])CCCCC. The van der Waals surface area contributed by atoms with Gasteiger partial charge in [-0.2, -0.15) is 0 Å². The van der Waals surface area contributed by atoms with Crippen molar-refractivity contribution in [3.8, 4) is 0 Å². The summed E-state index contributed by atoms with van der Waals surface area (Å²) in [5.41, 5.74) is 0. The molecule has 0 rings (SSSR count). The minimum Gasteiger partial charge on any atom is -0.597 e. The molecule has 0 spiro atoms. The Kier molecular flexibility index (Phi) is 11.8. The molecule has 0 aromatic rings. The molecule has 0 saturated carbocycles. The molecular formula is C11H24N4O4. The quantitative estimate of drug-likeness (QED) is 0.180. The number of hydroxylamine groups is 2. The van der Waals surface area contributed by atoms with Crippen LogP contribution in [0.5, 0.6) is 0 Å². The van der Waals surface area contributed by atoms with Crippen LogP contribution in [0.1, 0.15) is 52.4 Å². The summed E-state index contributed by atoms with van der Waals surface area (Å²) in [5.74, 6) is 0. The summed E-state index contributed by atoms with van der Waals surface area (Å²) in [7, 11) is 0. The molecule has 0 bridgehead atoms. The highest BCUT2D eigenvalue weighted by Gasteiger charge is 1.98. The Bertz CT molecular complexity index is 245. The van der Waals surface area contributed by atoms with Crippen molar-refractivity contribution in [3.05, 3.63) is 10.4 Å². The van der Waals surface area contributed by atoms with Gasteiger partial charge in [-0.15, -0.1) is 0 Å². The van der Waals surface area contributed by atoms with Crippen LogP contribution in [-0.2, 0) is 9.68 Å². The van der Waals surface area contributed by atoms with Crippen molar-refractivity contribution >= 4 is 0 Å². The Morgan fingerprint density at radius 3 is 1.58 bits per heavy atom. The zero-order chi connectivity index (χ0) is 14.3. The summed E-state index contributed by atoms with van der Waals surface area (Å²) >= 11 is 0. The molecule has 0 aromatic carbocycles. The lowest BCUT2D eigenvalue weighted by atomic mass is 10.3. The first-order chi connectivity index (χ1) is 9.20. The first-order valence-electron chi connectivity index (χ1n) is 6.75. The molecule has 112 valence electrons. The van der Waals surface area contributed by atoms with E-state index in [1.54, 1.807) is 0 Å². The Balaban J connectivity index is 3.56. The number of rotatable bonds is 12. The highest BCUT2D eigenvalue weighted by atomic mass is 16.8. The first kappa shape index (κ1) is 17.4. The molecule has 0 saturated heterocycles. The molecule has 0 aliphatic heterocycles. The van der Waals surface area contributed by atoms with E-state index >= 15 is 0 Å². The van der Waals surface area contributed by atoms with Crippen molar-refractivity contribution in [3.63, 3.8) is 0 Å². The Morgan fingerprint density at radius 2 is 1.21 bits per heavy atom. The smallest absolute Gasteiger partial charge is 0.292 e. The van der Waals surface area contributed by atoms with Gasteiger partial charge in [0.25, 0.3) is 6.79 Å². The maximum absolute atomic E-state index is 11.1. The summed E-state index contributed by atoms with van der Waals surface area (Å²) < 4.78 is 0. The number of hydrogen-bond donors (Lipinski definition) is 0. The lowest BCUT2D eigenvalue weighted by Crippen LogP contribution is -2.06. The van der Waals surface area contributed by atoms with Crippen molar-refractivity contribution in [2.75, 3.05) is 19.9 Å². The van der Waals surface area contributed by atoms with Gasteiger partial charge in [0.1, 0.15) is 0 Å². The van der Waals surface area contributed by atoms with Crippen LogP contribution >= 0.6 is 0 Å². The van der Waals surface area contributed by atoms with E-state index in [2.05, 4.69) is 20.2 Å². The van der Waals surface area contributed by atoms with Crippen LogP contribution < -0.4 is 0 Å². The fraction of sp³-hybridized carbons (Fsp3) is 1.00. The second-order valence-electron chi connectivity index (χ2n) is 4.11. The largest absolute Gasteiger partial charge is 0.597 e. The number of hydrogen-bond acceptors (Lipinski definition) is 6. The van der Waals surface area contributed by atoms with Gasteiger partial charge in [-0.1, -0.05) is 36.4 Å². The van der Waals surface area contributed by atoms with E-state index < -0.39 is 0 Å². The van der Waals surface area contributed by atoms with E-state index in [4.69, 9.17) is 0 Å². The van der Waals surface area contributed by atoms with E-state index in [9.17, 15) is 10.4 Å². The molecule has 0 aliphatic rings. The molecule has 19 heavy (non-hydrogen) atoms. The monoisotopic (exact) mass is 276 g/mol. The Hall–Kier alpha value is -1.60. The van der Waals surface area contributed by atoms with E-state index in [1.165, 1.54) is 0 Å². The van der Waals surface area contributed by atoms with Gasteiger partial charge in [-0.05, 0) is 12.8 Å². The maximum atomic E-state index is 11.1. The summed E-state index contributed by atoms with van der Waals surface area (Å²) in [6.45, 7) is 4.32. The van der Waals surface area contributed by atoms with Crippen LogP contribution in [0.25, 0.3) is 0 Å². The zero-order valence-electron chi connectivity index (χ0n) is 11.8. The van der Waals surface area contributed by atoms with Crippen LogP contribution in [0.15, 0.2) is 10.6 Å². The standard InChI is InChI=1S/C11H24N4O4/c1-3-5-7-9-14(16)12-18-11-19-13-15(17)10-8-6-4-2/h3-11H2,1-2H3/b14-12-,15-13-. The lowest BCUT2D eigenvalue weighted by molar-refractivity contribution is -0.574. The first-order valence-corrected chi connectivity index (χ1v) is 6.75. The zero-order valence-corrected chi connectivity index (χ0v) is 11.8. The topological polar surface area (TPSA) is 95.3 Å². The third kappa shape index (κ3) is 12.6. The van der Waals surface area contributed by atoms with Crippen LogP contribution in [0, 0.1) is 10.4 Å². The van der Waals surface area contributed by atoms with Crippen LogP contribution in [0.3, 0.4) is 0 Å². The second-order valence-corrected chi connectivity index (χ2v) is 4.11. The number of nitrogens with zero attached hydrogens (tertiary/aromatic N) is 4. The van der Waals surface area contributed by atoms with Crippen molar-refractivity contribution in [2.24, 2.45) is 10.6 Å². The van der Waals surface area contributed by atoms with Gasteiger partial charge in [0.15, 0.2) is 13.1 Å². The predicted molar refractivity (Wildman–Crippen MR) is 67.9 cm³/mol. The molecule has 8 heteroatoms. The third-order valence-electron chi connectivity index (χ3n) is 2.31. The van der Waals surface area contributed by atoms with Gasteiger partial charge in [-0.25, -0.2) is 0 Å². The molecule has 0 amide bonds. The second kappa shape index (κ2) is 12.8. The molecule has 0 N–H and O–H groups in total. The summed E-state index contributed by atoms with van der Waals surface area (Å²) in [4.78, 5) is 10.0. The minimum atomic E-state index is -0.348. The van der Waals surface area contributed by atoms with Gasteiger partial charge < -0.3 is 20.1 Å². The molecule has 0 fully saturated rings. The molecule has 0 unspecified atom stereocenters.